The zero-order valence-corrected chi connectivity index (χ0v) is 25.3. The summed E-state index contributed by atoms with van der Waals surface area (Å²) in [5, 5.41) is 35.7. The van der Waals surface area contributed by atoms with Gasteiger partial charge < -0.3 is 30.2 Å². The van der Waals surface area contributed by atoms with Crippen LogP contribution in [0.1, 0.15) is 57.4 Å². The lowest BCUT2D eigenvalue weighted by atomic mass is 9.92. The number of allylic oxidation sites excluding steroid dienone is 2. The Morgan fingerprint density at radius 1 is 0.795 bits per heavy atom. The number of hydrogen-bond acceptors (Lipinski definition) is 8. The van der Waals surface area contributed by atoms with Gasteiger partial charge in [0.2, 0.25) is 0 Å². The van der Waals surface area contributed by atoms with Gasteiger partial charge in [-0.05, 0) is 49.7 Å². The Balaban J connectivity index is 0.000000498. The van der Waals surface area contributed by atoms with Gasteiger partial charge in [-0.1, -0.05) is 54.9 Å². The molecule has 1 saturated carbocycles. The van der Waals surface area contributed by atoms with Crippen LogP contribution in [0.4, 0.5) is 0 Å². The molecule has 1 aliphatic heterocycles. The third-order valence-corrected chi connectivity index (χ3v) is 6.50. The van der Waals surface area contributed by atoms with E-state index < -0.39 is 23.9 Å². The van der Waals surface area contributed by atoms with E-state index in [2.05, 4.69) is 58.3 Å². The van der Waals surface area contributed by atoms with Crippen molar-refractivity contribution in [2.24, 2.45) is 5.16 Å². The maximum Gasteiger partial charge on any atom is 0.328 e. The number of benzene rings is 1. The molecule has 0 radical (unpaired) electrons. The predicted molar refractivity (Wildman–Crippen MR) is 166 cm³/mol. The second-order valence-corrected chi connectivity index (χ2v) is 10.1. The van der Waals surface area contributed by atoms with Crippen LogP contribution in [0.3, 0.4) is 0 Å². The molecule has 3 rings (SSSR count). The number of carbonyl (C=O) groups is 4. The minimum absolute atomic E-state index is 0.558. The highest BCUT2D eigenvalue weighted by Crippen LogP contribution is 2.22. The van der Waals surface area contributed by atoms with Gasteiger partial charge >= 0.3 is 23.9 Å². The van der Waals surface area contributed by atoms with Crippen LogP contribution in [-0.4, -0.2) is 99.1 Å². The number of unbranched alkanes of at least 4 members (excludes halogenated alkanes) is 1. The summed E-state index contributed by atoms with van der Waals surface area (Å²) in [5.74, 6) is -5.03. The quantitative estimate of drug-likeness (QED) is 0.141. The van der Waals surface area contributed by atoms with E-state index in [1.54, 1.807) is 0 Å². The lowest BCUT2D eigenvalue weighted by Crippen LogP contribution is -2.46. The van der Waals surface area contributed by atoms with E-state index in [4.69, 9.17) is 25.3 Å². The average molecular weight is 616 g/mol. The topological polar surface area (TPSA) is 177 Å². The molecule has 0 amide bonds. The van der Waals surface area contributed by atoms with Gasteiger partial charge in [0.05, 0.1) is 5.71 Å². The molecule has 2 fully saturated rings. The van der Waals surface area contributed by atoms with E-state index >= 15 is 0 Å². The molecule has 1 aliphatic carbocycles. The van der Waals surface area contributed by atoms with Gasteiger partial charge in [0, 0.05) is 63.6 Å². The smallest absolute Gasteiger partial charge is 0.328 e. The van der Waals surface area contributed by atoms with E-state index in [0.29, 0.717) is 24.3 Å². The Morgan fingerprint density at radius 3 is 1.84 bits per heavy atom. The summed E-state index contributed by atoms with van der Waals surface area (Å²) in [4.78, 5) is 49.0. The van der Waals surface area contributed by atoms with Crippen LogP contribution >= 0.6 is 0 Å². The fourth-order valence-corrected chi connectivity index (χ4v) is 4.33. The molecule has 1 aromatic carbocycles. The van der Waals surface area contributed by atoms with E-state index in [1.165, 1.54) is 42.5 Å². The zero-order valence-electron chi connectivity index (χ0n) is 25.3. The highest BCUT2D eigenvalue weighted by atomic mass is 16.6. The fraction of sp³-hybridized carbons (Fsp3) is 0.469. The first-order valence-corrected chi connectivity index (χ1v) is 14.7. The minimum atomic E-state index is -1.26. The van der Waals surface area contributed by atoms with Crippen molar-refractivity contribution >= 4 is 29.6 Å². The molecule has 4 N–H and O–H groups in total. The predicted octanol–water partition coefficient (Wildman–Crippen LogP) is 4.29. The second-order valence-electron chi connectivity index (χ2n) is 10.1. The van der Waals surface area contributed by atoms with Crippen LogP contribution in [0.5, 0.6) is 0 Å². The highest BCUT2D eigenvalue weighted by Gasteiger charge is 2.17. The SMILES string of the molecule is CCC/C=C1/CCCC/C1=N\OCCCN1CCN(Cc2ccccc2)CC1.O=C(O)/C=C/C(=O)O.O=C(O)/C=C/C(=O)O. The van der Waals surface area contributed by atoms with Crippen LogP contribution < -0.4 is 0 Å². The summed E-state index contributed by atoms with van der Waals surface area (Å²) in [7, 11) is 0. The fourth-order valence-electron chi connectivity index (χ4n) is 4.33. The van der Waals surface area contributed by atoms with E-state index in [1.807, 2.05) is 0 Å². The summed E-state index contributed by atoms with van der Waals surface area (Å²) >= 11 is 0. The van der Waals surface area contributed by atoms with Gasteiger partial charge in [-0.2, -0.15) is 0 Å². The third-order valence-electron chi connectivity index (χ3n) is 6.50. The van der Waals surface area contributed by atoms with E-state index in [-0.39, 0.29) is 0 Å². The van der Waals surface area contributed by atoms with E-state index in [9.17, 15) is 19.2 Å². The minimum Gasteiger partial charge on any atom is -0.478 e. The first-order valence-electron chi connectivity index (χ1n) is 14.7. The molecule has 12 nitrogen and oxygen atoms in total. The zero-order chi connectivity index (χ0) is 32.6. The normalized spacial score (nSPS) is 17.5. The Kier molecular flexibility index (Phi) is 19.9. The summed E-state index contributed by atoms with van der Waals surface area (Å²) in [6.45, 7) is 9.78. The van der Waals surface area contributed by atoms with Crippen molar-refractivity contribution in [3.63, 3.8) is 0 Å². The lowest BCUT2D eigenvalue weighted by molar-refractivity contribution is -0.134. The van der Waals surface area contributed by atoms with Gasteiger partial charge in [0.1, 0.15) is 6.61 Å². The molecule has 12 heteroatoms. The number of nitrogens with zero attached hydrogens (tertiary/aromatic N) is 3. The van der Waals surface area contributed by atoms with Gasteiger partial charge in [-0.15, -0.1) is 0 Å². The Morgan fingerprint density at radius 2 is 1.32 bits per heavy atom. The molecule has 1 heterocycles. The van der Waals surface area contributed by atoms with Crippen LogP contribution in [-0.2, 0) is 30.6 Å². The Bertz CT molecular complexity index is 1070. The Hall–Kier alpha value is -4.29. The van der Waals surface area contributed by atoms with Crippen molar-refractivity contribution in [3.05, 3.63) is 71.8 Å². The molecule has 0 unspecified atom stereocenters. The van der Waals surface area contributed by atoms with Gasteiger partial charge in [-0.25, -0.2) is 19.2 Å². The standard InChI is InChI=1S/C24H37N3O.2C4H4O4/c1-2-3-12-23-13-7-8-14-24(23)25-28-20-9-15-26-16-18-27(19-17-26)21-22-10-5-4-6-11-22;2*5-3(6)1-2-4(7)8/h4-6,10-12H,2-3,7-9,13-21H2,1H3;2*1-2H,(H,5,6)(H,7,8)/b23-12-,25-24+;2*2-1+. The van der Waals surface area contributed by atoms with Crippen LogP contribution in [0.2, 0.25) is 0 Å². The molecule has 0 bridgehead atoms. The molecule has 0 spiro atoms. The number of carboxylic acids is 4. The molecule has 2 aliphatic rings. The van der Waals surface area contributed by atoms with Gasteiger partial charge in [-0.3, -0.25) is 4.90 Å². The number of oxime groups is 1. The monoisotopic (exact) mass is 615 g/mol. The van der Waals surface area contributed by atoms with Gasteiger partial charge in [0.25, 0.3) is 0 Å². The van der Waals surface area contributed by atoms with E-state index in [0.717, 1.165) is 65.1 Å². The first kappa shape index (κ1) is 37.7. The number of carboxylic acid groups (broad SMARTS) is 4. The van der Waals surface area contributed by atoms with Crippen molar-refractivity contribution in [1.29, 1.82) is 0 Å². The molecule has 1 aromatic rings. The van der Waals surface area contributed by atoms with Crippen molar-refractivity contribution in [2.45, 2.75) is 58.4 Å². The third kappa shape index (κ3) is 19.8. The molecule has 44 heavy (non-hydrogen) atoms. The lowest BCUT2D eigenvalue weighted by Gasteiger charge is -2.34. The molecule has 0 atom stereocenters. The van der Waals surface area contributed by atoms with Crippen LogP contribution in [0, 0.1) is 0 Å². The van der Waals surface area contributed by atoms with Crippen LogP contribution in [0.15, 0.2) is 71.4 Å². The van der Waals surface area contributed by atoms with Crippen molar-refractivity contribution in [2.75, 3.05) is 39.3 Å². The van der Waals surface area contributed by atoms with Crippen molar-refractivity contribution < 1.29 is 44.4 Å². The summed E-state index contributed by atoms with van der Waals surface area (Å²) in [5.41, 5.74) is 4.05. The summed E-state index contributed by atoms with van der Waals surface area (Å²) in [6, 6.07) is 10.8. The maximum absolute atomic E-state index is 9.55. The second kappa shape index (κ2) is 23.2. The molecular weight excluding hydrogens is 570 g/mol. The highest BCUT2D eigenvalue weighted by molar-refractivity contribution is 6.00. The number of piperazine rings is 1. The molecule has 1 saturated heterocycles. The van der Waals surface area contributed by atoms with Gasteiger partial charge in [0.15, 0.2) is 0 Å². The number of rotatable bonds is 13. The number of hydrogen-bond donors (Lipinski definition) is 4. The van der Waals surface area contributed by atoms with Crippen LogP contribution in [0.25, 0.3) is 0 Å². The van der Waals surface area contributed by atoms with Crippen molar-refractivity contribution in [3.8, 4) is 0 Å². The molecule has 0 aromatic heterocycles. The van der Waals surface area contributed by atoms with Crippen molar-refractivity contribution in [1.82, 2.24) is 9.80 Å². The first-order chi connectivity index (χ1) is 21.1. The maximum atomic E-state index is 9.55. The summed E-state index contributed by atoms with van der Waals surface area (Å²) in [6.07, 6.45) is 12.8. The molecular formula is C32H45N3O9. The largest absolute Gasteiger partial charge is 0.478 e. The molecule has 242 valence electrons. The number of aliphatic carboxylic acids is 4. The Labute approximate surface area is 258 Å². The summed E-state index contributed by atoms with van der Waals surface area (Å²) < 4.78 is 0. The average Bonchev–Trinajstić information content (AvgIpc) is 3.00.